The van der Waals surface area contributed by atoms with E-state index in [-0.39, 0.29) is 5.82 Å². The Balaban J connectivity index is 1.59. The summed E-state index contributed by atoms with van der Waals surface area (Å²) < 4.78 is 17.0. The maximum atomic E-state index is 13.5. The molecule has 1 N–H and O–H groups in total. The number of benzene rings is 1. The highest BCUT2D eigenvalue weighted by Crippen LogP contribution is 2.20. The Morgan fingerprint density at radius 2 is 2.04 bits per heavy atom. The Hall–Kier alpha value is -3.33. The molecule has 27 heavy (non-hydrogen) atoms. The zero-order valence-electron chi connectivity index (χ0n) is 15.0. The molecular weight excluding hydrogens is 347 g/mol. The second-order valence-electron chi connectivity index (χ2n) is 6.44. The van der Waals surface area contributed by atoms with Crippen LogP contribution < -0.4 is 5.32 Å². The Bertz CT molecular complexity index is 1070. The molecule has 138 valence electrons. The molecule has 0 spiro atoms. The van der Waals surface area contributed by atoms with Gasteiger partial charge in [0.05, 0.1) is 18.4 Å². The minimum atomic E-state index is -0.330. The fourth-order valence-corrected chi connectivity index (χ4v) is 2.66. The molecule has 0 aliphatic carbocycles. The molecule has 0 atom stereocenters. The van der Waals surface area contributed by atoms with Crippen LogP contribution in [0.5, 0.6) is 0 Å². The van der Waals surface area contributed by atoms with Gasteiger partial charge >= 0.3 is 0 Å². The molecule has 3 heterocycles. The summed E-state index contributed by atoms with van der Waals surface area (Å²) in [7, 11) is 4.05. The van der Waals surface area contributed by atoms with Crippen molar-refractivity contribution in [3.63, 3.8) is 0 Å². The first-order chi connectivity index (χ1) is 13.1. The van der Waals surface area contributed by atoms with Gasteiger partial charge in [0, 0.05) is 18.3 Å². The van der Waals surface area contributed by atoms with Crippen LogP contribution in [0, 0.1) is 5.82 Å². The van der Waals surface area contributed by atoms with Crippen molar-refractivity contribution >= 4 is 17.2 Å². The molecule has 0 amide bonds. The number of rotatable bonds is 6. The maximum Gasteiger partial charge on any atom is 0.185 e. The summed E-state index contributed by atoms with van der Waals surface area (Å²) in [5, 5.41) is 20.3. The average Bonchev–Trinajstić information content (AvgIpc) is 3.26. The number of hydrogen-bond acceptors (Lipinski definition) is 6. The number of nitrogens with zero attached hydrogens (tertiary/aromatic N) is 7. The number of nitrogens with one attached hydrogen (secondary N) is 1. The second kappa shape index (κ2) is 7.12. The highest BCUT2D eigenvalue weighted by atomic mass is 19.1. The van der Waals surface area contributed by atoms with E-state index in [1.165, 1.54) is 12.1 Å². The van der Waals surface area contributed by atoms with Crippen LogP contribution in [0.4, 0.5) is 15.9 Å². The van der Waals surface area contributed by atoms with Crippen LogP contribution in [0.25, 0.3) is 17.0 Å². The third kappa shape index (κ3) is 3.77. The highest BCUT2D eigenvalue weighted by molar-refractivity contribution is 5.61. The van der Waals surface area contributed by atoms with Crippen LogP contribution in [-0.4, -0.2) is 55.1 Å². The summed E-state index contributed by atoms with van der Waals surface area (Å²) in [6.07, 6.45) is 3.68. The summed E-state index contributed by atoms with van der Waals surface area (Å²) in [5.74, 6) is 0.769. The minimum Gasteiger partial charge on any atom is -0.336 e. The van der Waals surface area contributed by atoms with Crippen molar-refractivity contribution in [3.8, 4) is 11.4 Å². The van der Waals surface area contributed by atoms with Crippen LogP contribution in [0.15, 0.2) is 48.8 Å². The van der Waals surface area contributed by atoms with E-state index >= 15 is 0 Å². The van der Waals surface area contributed by atoms with Crippen molar-refractivity contribution < 1.29 is 4.39 Å². The molecule has 0 saturated carbocycles. The topological polar surface area (TPSA) is 76.2 Å². The van der Waals surface area contributed by atoms with Gasteiger partial charge in [0.15, 0.2) is 17.3 Å². The molecule has 0 saturated heterocycles. The predicted octanol–water partition coefficient (Wildman–Crippen LogP) is 2.43. The fourth-order valence-electron chi connectivity index (χ4n) is 2.66. The van der Waals surface area contributed by atoms with Crippen molar-refractivity contribution in [2.45, 2.75) is 6.54 Å². The third-order valence-corrected chi connectivity index (χ3v) is 4.03. The van der Waals surface area contributed by atoms with Gasteiger partial charge in [-0.1, -0.05) is 12.1 Å². The van der Waals surface area contributed by atoms with Gasteiger partial charge in [-0.3, -0.25) is 4.68 Å². The molecule has 0 fully saturated rings. The molecule has 3 aromatic heterocycles. The Kier molecular flexibility index (Phi) is 4.51. The lowest BCUT2D eigenvalue weighted by Gasteiger charge is -2.08. The number of aromatic nitrogens is 6. The summed E-state index contributed by atoms with van der Waals surface area (Å²) >= 11 is 0. The first-order valence-corrected chi connectivity index (χ1v) is 8.51. The van der Waals surface area contributed by atoms with Crippen molar-refractivity contribution in [1.29, 1.82) is 0 Å². The number of anilines is 2. The van der Waals surface area contributed by atoms with Crippen molar-refractivity contribution in [2.75, 3.05) is 26.0 Å². The van der Waals surface area contributed by atoms with E-state index < -0.39 is 0 Å². The van der Waals surface area contributed by atoms with Crippen molar-refractivity contribution in [2.24, 2.45) is 0 Å². The SMILES string of the molecule is CN(C)CCn1cc(Nc2ccc3nnc(-c4cccc(F)c4)n3n2)cn1. The first kappa shape index (κ1) is 17.1. The molecule has 0 aliphatic rings. The summed E-state index contributed by atoms with van der Waals surface area (Å²) in [4.78, 5) is 2.10. The standard InChI is InChI=1S/C18H19FN8/c1-25(2)8-9-26-12-15(11-20-26)21-16-6-7-17-22-23-18(27(17)24-16)13-4-3-5-14(19)10-13/h3-7,10-12H,8-9H2,1-2H3,(H,21,24). The van der Waals surface area contributed by atoms with Gasteiger partial charge in [0.1, 0.15) is 5.82 Å². The monoisotopic (exact) mass is 366 g/mol. The van der Waals surface area contributed by atoms with Gasteiger partial charge in [-0.05, 0) is 38.4 Å². The van der Waals surface area contributed by atoms with Crippen LogP contribution in [0.3, 0.4) is 0 Å². The zero-order chi connectivity index (χ0) is 18.8. The Labute approximate surface area is 155 Å². The van der Waals surface area contributed by atoms with Crippen LogP contribution in [-0.2, 0) is 6.54 Å². The van der Waals surface area contributed by atoms with Gasteiger partial charge in [-0.2, -0.15) is 9.61 Å². The molecule has 0 radical (unpaired) electrons. The lowest BCUT2D eigenvalue weighted by atomic mass is 10.2. The molecular formula is C18H19FN8. The van der Waals surface area contributed by atoms with E-state index in [0.717, 1.165) is 18.8 Å². The normalized spacial score (nSPS) is 11.4. The molecule has 0 unspecified atom stereocenters. The number of halogens is 1. The van der Waals surface area contributed by atoms with Crippen molar-refractivity contribution in [3.05, 3.63) is 54.6 Å². The van der Waals surface area contributed by atoms with Crippen LogP contribution in [0.2, 0.25) is 0 Å². The number of fused-ring (bicyclic) bond motifs is 1. The largest absolute Gasteiger partial charge is 0.336 e. The molecule has 1 aromatic carbocycles. The van der Waals surface area contributed by atoms with E-state index in [9.17, 15) is 4.39 Å². The summed E-state index contributed by atoms with van der Waals surface area (Å²) in [6, 6.07) is 9.83. The first-order valence-electron chi connectivity index (χ1n) is 8.51. The summed E-state index contributed by atoms with van der Waals surface area (Å²) in [6.45, 7) is 1.71. The average molecular weight is 366 g/mol. The van der Waals surface area contributed by atoms with Gasteiger partial charge in [-0.25, -0.2) is 4.39 Å². The molecule has 0 aliphatic heterocycles. The predicted molar refractivity (Wildman–Crippen MR) is 100 cm³/mol. The lowest BCUT2D eigenvalue weighted by molar-refractivity contribution is 0.373. The fraction of sp³-hybridized carbons (Fsp3) is 0.222. The van der Waals surface area contributed by atoms with Crippen LogP contribution in [0.1, 0.15) is 0 Å². The van der Waals surface area contributed by atoms with Gasteiger partial charge in [-0.15, -0.1) is 15.3 Å². The van der Waals surface area contributed by atoms with Gasteiger partial charge < -0.3 is 10.2 Å². The van der Waals surface area contributed by atoms with E-state index in [1.807, 2.05) is 37.1 Å². The zero-order valence-corrected chi connectivity index (χ0v) is 15.0. The quantitative estimate of drug-likeness (QED) is 0.565. The van der Waals surface area contributed by atoms with E-state index in [2.05, 4.69) is 30.6 Å². The smallest absolute Gasteiger partial charge is 0.185 e. The Morgan fingerprint density at radius 3 is 2.85 bits per heavy atom. The van der Waals surface area contributed by atoms with Gasteiger partial charge in [0.25, 0.3) is 0 Å². The molecule has 4 aromatic rings. The molecule has 4 rings (SSSR count). The number of hydrogen-bond donors (Lipinski definition) is 1. The maximum absolute atomic E-state index is 13.5. The highest BCUT2D eigenvalue weighted by Gasteiger charge is 2.11. The van der Waals surface area contributed by atoms with Crippen molar-refractivity contribution in [1.82, 2.24) is 34.5 Å². The van der Waals surface area contributed by atoms with E-state index in [1.54, 1.807) is 22.8 Å². The molecule has 0 bridgehead atoms. The minimum absolute atomic E-state index is 0.330. The molecule has 9 heteroatoms. The molecule has 8 nitrogen and oxygen atoms in total. The van der Waals surface area contributed by atoms with Crippen LogP contribution >= 0.6 is 0 Å². The van der Waals surface area contributed by atoms with E-state index in [0.29, 0.717) is 22.9 Å². The second-order valence-corrected chi connectivity index (χ2v) is 6.44. The summed E-state index contributed by atoms with van der Waals surface area (Å²) in [5.41, 5.74) is 2.03. The number of likely N-dealkylation sites (N-methyl/N-ethyl adjacent to an activating group) is 1. The Morgan fingerprint density at radius 1 is 1.15 bits per heavy atom. The third-order valence-electron chi connectivity index (χ3n) is 4.03. The van der Waals surface area contributed by atoms with E-state index in [4.69, 9.17) is 0 Å². The lowest BCUT2D eigenvalue weighted by Crippen LogP contribution is -2.18. The van der Waals surface area contributed by atoms with Gasteiger partial charge in [0.2, 0.25) is 0 Å².